The van der Waals surface area contributed by atoms with Gasteiger partial charge in [-0.1, -0.05) is 58.8 Å². The van der Waals surface area contributed by atoms with Gasteiger partial charge in [-0.05, 0) is 50.9 Å². The predicted molar refractivity (Wildman–Crippen MR) is 128 cm³/mol. The van der Waals surface area contributed by atoms with Crippen LogP contribution in [-0.4, -0.2) is 39.1 Å². The summed E-state index contributed by atoms with van der Waals surface area (Å²) in [4.78, 5) is 24.0. The summed E-state index contributed by atoms with van der Waals surface area (Å²) in [6.45, 7) is 4.72. The molecule has 0 aromatic rings. The van der Waals surface area contributed by atoms with E-state index in [-0.39, 0.29) is 18.0 Å². The Kier molecular flexibility index (Phi) is 15.1. The number of unbranched alkanes of at least 4 members (excludes halogenated alkanes) is 6. The van der Waals surface area contributed by atoms with Crippen molar-refractivity contribution in [2.45, 2.75) is 123 Å². The third-order valence-corrected chi connectivity index (χ3v) is 7.07. The summed E-state index contributed by atoms with van der Waals surface area (Å²) in [5, 5.41) is 0. The largest absolute Gasteiger partial charge is 0.466 e. The van der Waals surface area contributed by atoms with Gasteiger partial charge in [-0.15, -0.1) is 0 Å². The van der Waals surface area contributed by atoms with Crippen molar-refractivity contribution in [2.75, 3.05) is 12.9 Å². The molecule has 0 aliphatic heterocycles. The molecule has 32 heavy (non-hydrogen) atoms. The molecular formula is C25H46O6S. The van der Waals surface area contributed by atoms with Crippen molar-refractivity contribution in [3.8, 4) is 0 Å². The summed E-state index contributed by atoms with van der Waals surface area (Å²) in [6.07, 6.45) is 15.0. The van der Waals surface area contributed by atoms with Crippen molar-refractivity contribution < 1.29 is 26.9 Å². The fourth-order valence-corrected chi connectivity index (χ4v) is 5.31. The van der Waals surface area contributed by atoms with Crippen LogP contribution in [0.1, 0.15) is 117 Å². The van der Waals surface area contributed by atoms with E-state index in [0.717, 1.165) is 89.7 Å². The number of ether oxygens (including phenoxy) is 1. The van der Waals surface area contributed by atoms with Gasteiger partial charge in [0.05, 0.1) is 19.0 Å². The molecule has 7 heteroatoms. The lowest BCUT2D eigenvalue weighted by molar-refractivity contribution is -0.143. The second-order valence-corrected chi connectivity index (χ2v) is 11.0. The Labute approximate surface area is 196 Å². The number of Topliss-reactive ketones (excluding diaryl/α,β-unsaturated/α-hetero) is 1. The highest BCUT2D eigenvalue weighted by Gasteiger charge is 2.34. The molecule has 1 unspecified atom stereocenters. The van der Waals surface area contributed by atoms with Crippen molar-refractivity contribution in [3.05, 3.63) is 0 Å². The van der Waals surface area contributed by atoms with Crippen molar-refractivity contribution in [3.63, 3.8) is 0 Å². The number of rotatable bonds is 19. The molecule has 6 nitrogen and oxygen atoms in total. The van der Waals surface area contributed by atoms with Crippen LogP contribution in [0.3, 0.4) is 0 Å². The summed E-state index contributed by atoms with van der Waals surface area (Å²) in [7, 11) is -3.47. The van der Waals surface area contributed by atoms with Gasteiger partial charge in [0.1, 0.15) is 5.78 Å². The van der Waals surface area contributed by atoms with E-state index >= 15 is 0 Å². The summed E-state index contributed by atoms with van der Waals surface area (Å²) >= 11 is 0. The van der Waals surface area contributed by atoms with Gasteiger partial charge in [0, 0.05) is 18.8 Å². The van der Waals surface area contributed by atoms with Crippen LogP contribution < -0.4 is 0 Å². The number of ketones is 1. The quantitative estimate of drug-likeness (QED) is 0.130. The van der Waals surface area contributed by atoms with Gasteiger partial charge in [0.25, 0.3) is 10.1 Å². The summed E-state index contributed by atoms with van der Waals surface area (Å²) in [5.74, 6) is 0.701. The highest BCUT2D eigenvalue weighted by molar-refractivity contribution is 7.86. The number of hydrogen-bond acceptors (Lipinski definition) is 6. The van der Waals surface area contributed by atoms with Gasteiger partial charge in [-0.3, -0.25) is 13.8 Å². The average Bonchev–Trinajstić information content (AvgIpc) is 3.07. The van der Waals surface area contributed by atoms with Crippen molar-refractivity contribution in [2.24, 2.45) is 11.8 Å². The van der Waals surface area contributed by atoms with Crippen molar-refractivity contribution in [1.82, 2.24) is 0 Å². The molecule has 1 fully saturated rings. The third kappa shape index (κ3) is 13.6. The molecule has 0 radical (unpaired) electrons. The minimum absolute atomic E-state index is 0.100. The van der Waals surface area contributed by atoms with Gasteiger partial charge in [-0.25, -0.2) is 0 Å². The van der Waals surface area contributed by atoms with Gasteiger partial charge >= 0.3 is 5.97 Å². The molecule has 3 atom stereocenters. The smallest absolute Gasteiger partial charge is 0.305 e. The van der Waals surface area contributed by atoms with Gasteiger partial charge in [0.2, 0.25) is 0 Å². The summed E-state index contributed by atoms with van der Waals surface area (Å²) in [5.41, 5.74) is 0. The fourth-order valence-electron chi connectivity index (χ4n) is 4.62. The lowest BCUT2D eigenvalue weighted by atomic mass is 9.86. The summed E-state index contributed by atoms with van der Waals surface area (Å²) < 4.78 is 33.7. The van der Waals surface area contributed by atoms with Crippen LogP contribution in [0.25, 0.3) is 0 Å². The van der Waals surface area contributed by atoms with Crippen LogP contribution in [0.2, 0.25) is 0 Å². The lowest BCUT2D eigenvalue weighted by Crippen LogP contribution is -2.21. The number of carbonyl (C=O) groups excluding carboxylic acids is 2. The van der Waals surface area contributed by atoms with E-state index in [0.29, 0.717) is 37.6 Å². The van der Waals surface area contributed by atoms with E-state index in [1.807, 2.05) is 0 Å². The minimum atomic E-state index is -3.47. The van der Waals surface area contributed by atoms with Crippen LogP contribution in [0, 0.1) is 11.8 Å². The second-order valence-electron chi connectivity index (χ2n) is 9.39. The Morgan fingerprint density at radius 2 is 1.69 bits per heavy atom. The monoisotopic (exact) mass is 474 g/mol. The molecule has 188 valence electrons. The van der Waals surface area contributed by atoms with Crippen LogP contribution in [0.5, 0.6) is 0 Å². The lowest BCUT2D eigenvalue weighted by Gasteiger charge is -2.22. The third-order valence-electron chi connectivity index (χ3n) is 6.45. The maximum absolute atomic E-state index is 12.4. The van der Waals surface area contributed by atoms with Gasteiger partial charge in [-0.2, -0.15) is 8.42 Å². The fraction of sp³-hybridized carbons (Fsp3) is 0.920. The van der Waals surface area contributed by atoms with E-state index < -0.39 is 10.1 Å². The SMILES string of the molecule is CCCCCC(CC[C@H]1CCC(=O)[C@@H]1CCCCCCC(=O)OCCCC)OS(C)(=O)=O. The first-order valence-corrected chi connectivity index (χ1v) is 14.6. The highest BCUT2D eigenvalue weighted by Crippen LogP contribution is 2.36. The van der Waals surface area contributed by atoms with Gasteiger partial charge < -0.3 is 4.74 Å². The zero-order valence-electron chi connectivity index (χ0n) is 20.6. The molecule has 0 spiro atoms. The minimum Gasteiger partial charge on any atom is -0.466 e. The normalized spacial score (nSPS) is 19.9. The number of hydrogen-bond donors (Lipinski definition) is 0. The highest BCUT2D eigenvalue weighted by atomic mass is 32.2. The molecule has 1 aliphatic rings. The molecule has 0 bridgehead atoms. The van der Waals surface area contributed by atoms with E-state index in [1.54, 1.807) is 0 Å². The Bertz CT molecular complexity index is 630. The zero-order valence-corrected chi connectivity index (χ0v) is 21.4. The van der Waals surface area contributed by atoms with Gasteiger partial charge in [0.15, 0.2) is 0 Å². The molecular weight excluding hydrogens is 428 g/mol. The molecule has 0 aromatic heterocycles. The van der Waals surface area contributed by atoms with E-state index in [4.69, 9.17) is 8.92 Å². The van der Waals surface area contributed by atoms with Crippen molar-refractivity contribution in [1.29, 1.82) is 0 Å². The second kappa shape index (κ2) is 16.6. The standard InChI is InChI=1S/C25H46O6S/c1-4-6-10-13-22(31-32(3,28)29)18-16-21-17-19-24(26)23(21)14-11-8-9-12-15-25(27)30-20-7-5-2/h21-23H,4-20H2,1-3H3/t21-,22?,23+/m0/s1. The molecule has 1 saturated carbocycles. The van der Waals surface area contributed by atoms with Crippen molar-refractivity contribution >= 4 is 21.9 Å². The Morgan fingerprint density at radius 1 is 0.969 bits per heavy atom. The molecule has 1 aliphatic carbocycles. The van der Waals surface area contributed by atoms with Crippen LogP contribution in [0.4, 0.5) is 0 Å². The number of esters is 1. The first kappa shape index (κ1) is 29.1. The van der Waals surface area contributed by atoms with E-state index in [2.05, 4.69) is 13.8 Å². The predicted octanol–water partition coefficient (Wildman–Crippen LogP) is 5.97. The van der Waals surface area contributed by atoms with E-state index in [1.165, 1.54) is 0 Å². The Hall–Kier alpha value is -0.950. The molecule has 1 rings (SSSR count). The average molecular weight is 475 g/mol. The maximum Gasteiger partial charge on any atom is 0.305 e. The Morgan fingerprint density at radius 3 is 2.38 bits per heavy atom. The zero-order chi connectivity index (χ0) is 23.8. The van der Waals surface area contributed by atoms with Crippen LogP contribution >= 0.6 is 0 Å². The first-order valence-electron chi connectivity index (χ1n) is 12.8. The summed E-state index contributed by atoms with van der Waals surface area (Å²) in [6, 6.07) is 0. The molecule has 0 saturated heterocycles. The molecule has 0 amide bonds. The first-order chi connectivity index (χ1) is 15.3. The maximum atomic E-state index is 12.4. The Balaban J connectivity index is 2.33. The van der Waals surface area contributed by atoms with Crippen LogP contribution in [0.15, 0.2) is 0 Å². The molecule has 0 heterocycles. The molecule has 0 N–H and O–H groups in total. The van der Waals surface area contributed by atoms with E-state index in [9.17, 15) is 18.0 Å². The number of carbonyl (C=O) groups is 2. The molecule has 0 aromatic carbocycles. The topological polar surface area (TPSA) is 86.7 Å². The van der Waals surface area contributed by atoms with Crippen LogP contribution in [-0.2, 0) is 28.6 Å².